The van der Waals surface area contributed by atoms with Crippen molar-refractivity contribution in [3.8, 4) is 11.5 Å². The maximum absolute atomic E-state index is 13.8. The standard InChI is InChI=1S/C27H32BNO7/c1-16-8-9-19-14-20(28-35-26(4,5)27(6,7)36-28)10-13-23(19)29(16)25(32)22-12-11-21(33-17(2)30)15-24(22)34-18(3)31/h10-16H,8-9H2,1-7H3. The largest absolute Gasteiger partial charge is 0.494 e. The summed E-state index contributed by atoms with van der Waals surface area (Å²) in [4.78, 5) is 38.6. The highest BCUT2D eigenvalue weighted by Crippen LogP contribution is 2.38. The number of ether oxygens (including phenoxy) is 2. The van der Waals surface area contributed by atoms with Crippen molar-refractivity contribution in [1.82, 2.24) is 0 Å². The number of nitrogens with zero attached hydrogens (tertiary/aromatic N) is 1. The number of hydrogen-bond donors (Lipinski definition) is 0. The first-order chi connectivity index (χ1) is 16.8. The van der Waals surface area contributed by atoms with E-state index in [9.17, 15) is 14.4 Å². The van der Waals surface area contributed by atoms with Crippen molar-refractivity contribution in [2.45, 2.75) is 78.6 Å². The number of carbonyl (C=O) groups is 3. The van der Waals surface area contributed by atoms with Crippen LogP contribution in [0, 0.1) is 0 Å². The number of esters is 2. The number of carbonyl (C=O) groups excluding carboxylic acids is 3. The molecular weight excluding hydrogens is 461 g/mol. The fourth-order valence-corrected chi connectivity index (χ4v) is 4.48. The number of amides is 1. The van der Waals surface area contributed by atoms with Crippen LogP contribution >= 0.6 is 0 Å². The summed E-state index contributed by atoms with van der Waals surface area (Å²) >= 11 is 0. The average Bonchev–Trinajstić information content (AvgIpc) is 2.99. The van der Waals surface area contributed by atoms with Gasteiger partial charge < -0.3 is 23.7 Å². The fraction of sp³-hybridized carbons (Fsp3) is 0.444. The number of hydrogen-bond acceptors (Lipinski definition) is 7. The molecule has 1 atom stereocenters. The molecule has 0 aliphatic carbocycles. The van der Waals surface area contributed by atoms with Crippen LogP contribution in [0.15, 0.2) is 36.4 Å². The van der Waals surface area contributed by atoms with Crippen LogP contribution in [0.25, 0.3) is 0 Å². The van der Waals surface area contributed by atoms with Crippen LogP contribution in [0.4, 0.5) is 5.69 Å². The lowest BCUT2D eigenvalue weighted by Crippen LogP contribution is -2.43. The van der Waals surface area contributed by atoms with E-state index in [4.69, 9.17) is 18.8 Å². The van der Waals surface area contributed by atoms with Gasteiger partial charge in [-0.3, -0.25) is 14.4 Å². The van der Waals surface area contributed by atoms with Crippen LogP contribution in [0.5, 0.6) is 11.5 Å². The van der Waals surface area contributed by atoms with Gasteiger partial charge in [0.25, 0.3) is 5.91 Å². The van der Waals surface area contributed by atoms with E-state index in [2.05, 4.69) is 0 Å². The molecule has 1 fully saturated rings. The Kier molecular flexibility index (Phi) is 6.75. The molecule has 8 nitrogen and oxygen atoms in total. The molecule has 2 aromatic carbocycles. The minimum Gasteiger partial charge on any atom is -0.427 e. The van der Waals surface area contributed by atoms with E-state index in [1.54, 1.807) is 4.90 Å². The van der Waals surface area contributed by atoms with Crippen LogP contribution in [0.2, 0.25) is 0 Å². The number of rotatable bonds is 4. The van der Waals surface area contributed by atoms with Gasteiger partial charge in [0.2, 0.25) is 0 Å². The first-order valence-electron chi connectivity index (χ1n) is 12.1. The Balaban J connectivity index is 1.68. The second-order valence-electron chi connectivity index (χ2n) is 10.4. The van der Waals surface area contributed by atoms with Gasteiger partial charge in [-0.1, -0.05) is 12.1 Å². The van der Waals surface area contributed by atoms with Crippen molar-refractivity contribution in [3.05, 3.63) is 47.5 Å². The Morgan fingerprint density at radius 2 is 1.58 bits per heavy atom. The van der Waals surface area contributed by atoms with Crippen molar-refractivity contribution in [1.29, 1.82) is 0 Å². The Bertz CT molecular complexity index is 1210. The van der Waals surface area contributed by atoms with Crippen LogP contribution in [-0.2, 0) is 25.3 Å². The Morgan fingerprint density at radius 3 is 2.19 bits per heavy atom. The van der Waals surface area contributed by atoms with Gasteiger partial charge in [-0.15, -0.1) is 0 Å². The molecule has 4 rings (SSSR count). The zero-order valence-corrected chi connectivity index (χ0v) is 21.8. The minimum absolute atomic E-state index is 0.0411. The topological polar surface area (TPSA) is 91.4 Å². The van der Waals surface area contributed by atoms with Crippen LogP contribution in [0.1, 0.15) is 70.8 Å². The monoisotopic (exact) mass is 493 g/mol. The average molecular weight is 493 g/mol. The Morgan fingerprint density at radius 1 is 0.944 bits per heavy atom. The quantitative estimate of drug-likeness (QED) is 0.363. The molecule has 2 heterocycles. The molecule has 0 N–H and O–H groups in total. The van der Waals surface area contributed by atoms with Crippen molar-refractivity contribution in [2.75, 3.05) is 4.90 Å². The second-order valence-corrected chi connectivity index (χ2v) is 10.4. The molecule has 36 heavy (non-hydrogen) atoms. The van der Waals surface area contributed by atoms with Crippen LogP contribution in [-0.4, -0.2) is 42.2 Å². The fourth-order valence-electron chi connectivity index (χ4n) is 4.48. The third kappa shape index (κ3) is 4.90. The molecule has 0 radical (unpaired) electrons. The van der Waals surface area contributed by atoms with Crippen molar-refractivity contribution in [2.24, 2.45) is 0 Å². The molecule has 0 saturated carbocycles. The molecule has 0 spiro atoms. The van der Waals surface area contributed by atoms with Crippen molar-refractivity contribution >= 4 is 36.1 Å². The first kappa shape index (κ1) is 25.9. The van der Waals surface area contributed by atoms with Crippen LogP contribution < -0.4 is 19.8 Å². The summed E-state index contributed by atoms with van der Waals surface area (Å²) in [5.74, 6) is -1.17. The minimum atomic E-state index is -0.580. The molecule has 190 valence electrons. The number of aryl methyl sites for hydroxylation is 1. The highest BCUT2D eigenvalue weighted by Gasteiger charge is 2.51. The third-order valence-corrected chi connectivity index (χ3v) is 7.08. The summed E-state index contributed by atoms with van der Waals surface area (Å²) in [6.45, 7) is 12.6. The van der Waals surface area contributed by atoms with E-state index < -0.39 is 30.3 Å². The first-order valence-corrected chi connectivity index (χ1v) is 12.1. The summed E-state index contributed by atoms with van der Waals surface area (Å²) in [5, 5.41) is 0. The number of anilines is 1. The molecule has 0 bridgehead atoms. The lowest BCUT2D eigenvalue weighted by Gasteiger charge is -2.36. The van der Waals surface area contributed by atoms with Crippen molar-refractivity contribution in [3.63, 3.8) is 0 Å². The molecule has 2 aromatic rings. The molecular formula is C27H32BNO7. The van der Waals surface area contributed by atoms with E-state index in [1.807, 2.05) is 52.8 Å². The summed E-state index contributed by atoms with van der Waals surface area (Å²) < 4.78 is 22.8. The highest BCUT2D eigenvalue weighted by molar-refractivity contribution is 6.62. The second kappa shape index (κ2) is 9.37. The lowest BCUT2D eigenvalue weighted by molar-refractivity contribution is -0.132. The summed E-state index contributed by atoms with van der Waals surface area (Å²) in [6, 6.07) is 10.2. The molecule has 2 aliphatic rings. The Hall–Kier alpha value is -3.17. The van der Waals surface area contributed by atoms with Gasteiger partial charge in [0, 0.05) is 31.6 Å². The van der Waals surface area contributed by atoms with Gasteiger partial charge in [0.05, 0.1) is 16.8 Å². The third-order valence-electron chi connectivity index (χ3n) is 7.08. The SMILES string of the molecule is CC(=O)Oc1ccc(C(=O)N2c3ccc(B4OC(C)(C)C(C)(C)O4)cc3CCC2C)c(OC(C)=O)c1. The molecule has 2 aliphatic heterocycles. The normalized spacial score (nSPS) is 20.0. The van der Waals surface area contributed by atoms with E-state index in [0.29, 0.717) is 0 Å². The number of fused-ring (bicyclic) bond motifs is 1. The van der Waals surface area contributed by atoms with Gasteiger partial charge in [0.1, 0.15) is 11.5 Å². The van der Waals surface area contributed by atoms with Crippen LogP contribution in [0.3, 0.4) is 0 Å². The molecule has 9 heteroatoms. The van der Waals surface area contributed by atoms with Gasteiger partial charge >= 0.3 is 19.1 Å². The van der Waals surface area contributed by atoms with Gasteiger partial charge in [-0.05, 0) is 76.7 Å². The molecule has 1 saturated heterocycles. The zero-order chi connectivity index (χ0) is 26.4. The van der Waals surface area contributed by atoms with E-state index >= 15 is 0 Å². The smallest absolute Gasteiger partial charge is 0.427 e. The Labute approximate surface area is 212 Å². The van der Waals surface area contributed by atoms with E-state index in [-0.39, 0.29) is 29.0 Å². The molecule has 1 unspecified atom stereocenters. The van der Waals surface area contributed by atoms with E-state index in [1.165, 1.54) is 32.0 Å². The number of benzene rings is 2. The van der Waals surface area contributed by atoms with Crippen molar-refractivity contribution < 1.29 is 33.2 Å². The maximum atomic E-state index is 13.8. The molecule has 1 amide bonds. The van der Waals surface area contributed by atoms with Gasteiger partial charge in [0.15, 0.2) is 0 Å². The maximum Gasteiger partial charge on any atom is 0.494 e. The summed E-state index contributed by atoms with van der Waals surface area (Å²) in [6.07, 6.45) is 1.57. The predicted octanol–water partition coefficient (Wildman–Crippen LogP) is 3.82. The summed E-state index contributed by atoms with van der Waals surface area (Å²) in [5.41, 5.74) is 2.01. The molecule has 0 aromatic heterocycles. The van der Waals surface area contributed by atoms with Gasteiger partial charge in [-0.25, -0.2) is 0 Å². The zero-order valence-electron chi connectivity index (χ0n) is 21.8. The highest BCUT2D eigenvalue weighted by atomic mass is 16.7. The summed E-state index contributed by atoms with van der Waals surface area (Å²) in [7, 11) is -0.492. The lowest BCUT2D eigenvalue weighted by atomic mass is 9.77. The predicted molar refractivity (Wildman–Crippen MR) is 136 cm³/mol. The van der Waals surface area contributed by atoms with E-state index in [0.717, 1.165) is 29.6 Å². The van der Waals surface area contributed by atoms with Gasteiger partial charge in [-0.2, -0.15) is 0 Å².